The molecule has 0 saturated heterocycles. The molecule has 0 aliphatic heterocycles. The van der Waals surface area contributed by atoms with Gasteiger partial charge in [0.15, 0.2) is 11.5 Å². The minimum Gasteiger partial charge on any atom is -0.504 e. The Hall–Kier alpha value is -1.77. The van der Waals surface area contributed by atoms with Crippen molar-refractivity contribution in [2.24, 2.45) is 0 Å². The minimum atomic E-state index is -2.62. The van der Waals surface area contributed by atoms with E-state index in [0.717, 1.165) is 0 Å². The van der Waals surface area contributed by atoms with E-state index in [1.807, 2.05) is 0 Å². The molecule has 0 radical (unpaired) electrons. The first-order valence-corrected chi connectivity index (χ1v) is 3.56. The number of phenols is 1. The standard InChI is InChI=1S/C10H10O3/c1-13-10-7-8(3-2-6-11)4-5-9(10)12/h2-7,12H,1H3/b3-2+/i1D3. The molecule has 13 heavy (non-hydrogen) atoms. The number of aldehydes is 1. The number of allylic oxidation sites excluding steroid dienone is 1. The molecule has 0 fully saturated rings. The number of aromatic hydroxyl groups is 1. The van der Waals surface area contributed by atoms with Crippen LogP contribution in [0.1, 0.15) is 9.68 Å². The normalized spacial score (nSPS) is 14.6. The molecule has 0 spiro atoms. The molecule has 3 nitrogen and oxygen atoms in total. The molecular weight excluding hydrogens is 168 g/mol. The maximum Gasteiger partial charge on any atom is 0.161 e. The highest BCUT2D eigenvalue weighted by Crippen LogP contribution is 2.26. The molecule has 3 heteroatoms. The van der Waals surface area contributed by atoms with Gasteiger partial charge in [-0.15, -0.1) is 0 Å². The zero-order chi connectivity index (χ0) is 12.2. The number of hydrogen-bond donors (Lipinski definition) is 1. The van der Waals surface area contributed by atoms with E-state index in [0.29, 0.717) is 11.8 Å². The van der Waals surface area contributed by atoms with E-state index in [1.54, 1.807) is 0 Å². The first kappa shape index (κ1) is 5.80. The Labute approximate surface area is 80.5 Å². The Morgan fingerprint density at radius 3 is 3.15 bits per heavy atom. The molecular formula is C10H10O3. The summed E-state index contributed by atoms with van der Waals surface area (Å²) in [4.78, 5) is 10.1. The SMILES string of the molecule is [2H]C([2H])([2H])Oc1cc(/C=C/C=O)ccc1O. The third-order valence-corrected chi connectivity index (χ3v) is 1.46. The molecule has 1 rings (SSSR count). The van der Waals surface area contributed by atoms with Gasteiger partial charge in [0.25, 0.3) is 0 Å². The fourth-order valence-electron chi connectivity index (χ4n) is 0.867. The van der Waals surface area contributed by atoms with E-state index >= 15 is 0 Å². The van der Waals surface area contributed by atoms with Crippen molar-refractivity contribution in [1.29, 1.82) is 0 Å². The van der Waals surface area contributed by atoms with Gasteiger partial charge in [0.1, 0.15) is 6.29 Å². The van der Waals surface area contributed by atoms with Crippen molar-refractivity contribution in [3.63, 3.8) is 0 Å². The van der Waals surface area contributed by atoms with Crippen LogP contribution in [0.3, 0.4) is 0 Å². The van der Waals surface area contributed by atoms with Crippen molar-refractivity contribution in [1.82, 2.24) is 0 Å². The van der Waals surface area contributed by atoms with Crippen LogP contribution in [0, 0.1) is 0 Å². The van der Waals surface area contributed by atoms with Crippen LogP contribution in [-0.2, 0) is 4.79 Å². The van der Waals surface area contributed by atoms with E-state index in [-0.39, 0.29) is 11.5 Å². The van der Waals surface area contributed by atoms with Crippen LogP contribution in [0.2, 0.25) is 0 Å². The number of methoxy groups -OCH3 is 1. The van der Waals surface area contributed by atoms with Gasteiger partial charge < -0.3 is 9.84 Å². The predicted octanol–water partition coefficient (Wildman–Crippen LogP) is 1.61. The number of carbonyl (C=O) groups excluding carboxylic acids is 1. The minimum absolute atomic E-state index is 0.145. The molecule has 0 amide bonds. The van der Waals surface area contributed by atoms with E-state index in [1.165, 1.54) is 30.4 Å². The molecule has 0 aliphatic carbocycles. The van der Waals surface area contributed by atoms with E-state index in [9.17, 15) is 9.90 Å². The van der Waals surface area contributed by atoms with Crippen molar-refractivity contribution in [3.05, 3.63) is 29.8 Å². The molecule has 0 aromatic heterocycles. The van der Waals surface area contributed by atoms with Gasteiger partial charge in [-0.1, -0.05) is 12.1 Å². The van der Waals surface area contributed by atoms with Gasteiger partial charge in [0.2, 0.25) is 0 Å². The van der Waals surface area contributed by atoms with Crippen molar-refractivity contribution >= 4 is 12.4 Å². The first-order chi connectivity index (χ1) is 7.42. The van der Waals surface area contributed by atoms with Gasteiger partial charge in [-0.25, -0.2) is 0 Å². The van der Waals surface area contributed by atoms with Crippen LogP contribution in [0.4, 0.5) is 0 Å². The summed E-state index contributed by atoms with van der Waals surface area (Å²) in [5, 5.41) is 9.36. The van der Waals surface area contributed by atoms with Gasteiger partial charge in [-0.3, -0.25) is 4.79 Å². The second kappa shape index (κ2) is 4.30. The van der Waals surface area contributed by atoms with Crippen molar-refractivity contribution in [2.75, 3.05) is 7.04 Å². The number of hydrogen-bond acceptors (Lipinski definition) is 3. The summed E-state index contributed by atoms with van der Waals surface area (Å²) >= 11 is 0. The summed E-state index contributed by atoms with van der Waals surface area (Å²) in [7, 11) is -2.62. The molecule has 1 N–H and O–H groups in total. The Morgan fingerprint density at radius 2 is 2.46 bits per heavy atom. The number of ether oxygens (including phenoxy) is 1. The highest BCUT2D eigenvalue weighted by Gasteiger charge is 1.99. The van der Waals surface area contributed by atoms with Crippen LogP contribution >= 0.6 is 0 Å². The summed E-state index contributed by atoms with van der Waals surface area (Å²) in [6.07, 6.45) is 3.32. The largest absolute Gasteiger partial charge is 0.504 e. The topological polar surface area (TPSA) is 46.5 Å². The lowest BCUT2D eigenvalue weighted by Gasteiger charge is -2.02. The molecule has 0 aliphatic rings. The molecule has 0 atom stereocenters. The summed E-state index contributed by atoms with van der Waals surface area (Å²) < 4.78 is 25.3. The van der Waals surface area contributed by atoms with Gasteiger partial charge >= 0.3 is 0 Å². The monoisotopic (exact) mass is 181 g/mol. The third kappa shape index (κ3) is 2.33. The summed E-state index contributed by atoms with van der Waals surface area (Å²) in [5.41, 5.74) is 0.559. The maximum absolute atomic E-state index is 10.1. The average Bonchev–Trinajstić information content (AvgIpc) is 2.17. The lowest BCUT2D eigenvalue weighted by molar-refractivity contribution is -0.104. The van der Waals surface area contributed by atoms with Crippen LogP contribution in [0.5, 0.6) is 11.5 Å². The quantitative estimate of drug-likeness (QED) is 0.569. The Kier molecular flexibility index (Phi) is 1.92. The zero-order valence-electron chi connectivity index (χ0n) is 9.73. The fraction of sp³-hybridized carbons (Fsp3) is 0.100. The molecule has 0 bridgehead atoms. The second-order valence-electron chi connectivity index (χ2n) is 2.32. The molecule has 1 aromatic rings. The summed E-state index contributed by atoms with van der Waals surface area (Å²) in [5.74, 6) is -0.410. The lowest BCUT2D eigenvalue weighted by atomic mass is 10.2. The smallest absolute Gasteiger partial charge is 0.161 e. The van der Waals surface area contributed by atoms with E-state index in [4.69, 9.17) is 4.11 Å². The van der Waals surface area contributed by atoms with Gasteiger partial charge in [-0.05, 0) is 23.8 Å². The number of phenolic OH excluding ortho intramolecular Hbond substituents is 1. The van der Waals surface area contributed by atoms with Gasteiger partial charge in [-0.2, -0.15) is 0 Å². The molecule has 0 unspecified atom stereocenters. The third-order valence-electron chi connectivity index (χ3n) is 1.46. The number of benzene rings is 1. The number of rotatable bonds is 3. The van der Waals surface area contributed by atoms with Crippen LogP contribution < -0.4 is 4.74 Å². The Morgan fingerprint density at radius 1 is 1.62 bits per heavy atom. The van der Waals surface area contributed by atoms with Crippen molar-refractivity contribution < 1.29 is 18.8 Å². The molecule has 0 heterocycles. The molecule has 68 valence electrons. The summed E-state index contributed by atoms with van der Waals surface area (Å²) in [6, 6.07) is 4.16. The number of carbonyl (C=O) groups is 1. The van der Waals surface area contributed by atoms with E-state index < -0.39 is 7.04 Å². The molecule has 0 saturated carbocycles. The Bertz CT molecular complexity index is 410. The van der Waals surface area contributed by atoms with Gasteiger partial charge in [0.05, 0.1) is 11.2 Å². The fourth-order valence-corrected chi connectivity index (χ4v) is 0.867. The van der Waals surface area contributed by atoms with Crippen molar-refractivity contribution in [2.45, 2.75) is 0 Å². The average molecular weight is 181 g/mol. The highest BCUT2D eigenvalue weighted by atomic mass is 16.5. The van der Waals surface area contributed by atoms with E-state index in [2.05, 4.69) is 4.74 Å². The first-order valence-electron chi connectivity index (χ1n) is 5.06. The van der Waals surface area contributed by atoms with Crippen LogP contribution in [0.15, 0.2) is 24.3 Å². The maximum atomic E-state index is 10.1. The van der Waals surface area contributed by atoms with Crippen molar-refractivity contribution in [3.8, 4) is 11.5 Å². The summed E-state index contributed by atoms with van der Waals surface area (Å²) in [6.45, 7) is 0. The lowest BCUT2D eigenvalue weighted by Crippen LogP contribution is -1.84. The van der Waals surface area contributed by atoms with Crippen LogP contribution in [-0.4, -0.2) is 18.4 Å². The zero-order valence-corrected chi connectivity index (χ0v) is 6.73. The second-order valence-corrected chi connectivity index (χ2v) is 2.32. The molecule has 1 aromatic carbocycles. The Balaban J connectivity index is 2.99. The predicted molar refractivity (Wildman–Crippen MR) is 49.8 cm³/mol. The highest BCUT2D eigenvalue weighted by molar-refractivity contribution is 5.74. The van der Waals surface area contributed by atoms with Crippen LogP contribution in [0.25, 0.3) is 6.08 Å². The van der Waals surface area contributed by atoms with Gasteiger partial charge in [0, 0.05) is 0 Å².